The van der Waals surface area contributed by atoms with E-state index in [1.54, 1.807) is 14.0 Å². The molecule has 0 saturated heterocycles. The first-order chi connectivity index (χ1) is 9.97. The van der Waals surface area contributed by atoms with Gasteiger partial charge in [-0.15, -0.1) is 0 Å². The van der Waals surface area contributed by atoms with Crippen molar-refractivity contribution in [3.05, 3.63) is 29.8 Å². The second-order valence-electron chi connectivity index (χ2n) is 5.35. The lowest BCUT2D eigenvalue weighted by atomic mass is 9.81. The van der Waals surface area contributed by atoms with E-state index >= 15 is 0 Å². The molecule has 2 unspecified atom stereocenters. The lowest BCUT2D eigenvalue weighted by Gasteiger charge is -2.31. The Hall–Kier alpha value is -1.55. The summed E-state index contributed by atoms with van der Waals surface area (Å²) in [7, 11) is 1.62. The van der Waals surface area contributed by atoms with Gasteiger partial charge in [-0.25, -0.2) is 4.79 Å². The highest BCUT2D eigenvalue weighted by atomic mass is 16.5. The van der Waals surface area contributed by atoms with Crippen molar-refractivity contribution in [2.75, 3.05) is 13.7 Å². The number of esters is 1. The molecule has 0 aliphatic heterocycles. The van der Waals surface area contributed by atoms with Crippen LogP contribution in [0.15, 0.2) is 24.3 Å². The van der Waals surface area contributed by atoms with E-state index in [-0.39, 0.29) is 12.5 Å². The second kappa shape index (κ2) is 8.03. The summed E-state index contributed by atoms with van der Waals surface area (Å²) in [6, 6.07) is 7.66. The van der Waals surface area contributed by atoms with E-state index in [1.165, 1.54) is 0 Å². The maximum atomic E-state index is 12.1. The van der Waals surface area contributed by atoms with Gasteiger partial charge in [0.15, 0.2) is 5.60 Å². The fraction of sp³-hybridized carbons (Fsp3) is 0.588. The minimum absolute atomic E-state index is 0.218. The van der Waals surface area contributed by atoms with Crippen molar-refractivity contribution in [1.29, 1.82) is 0 Å². The van der Waals surface area contributed by atoms with E-state index in [2.05, 4.69) is 0 Å². The van der Waals surface area contributed by atoms with E-state index in [9.17, 15) is 9.90 Å². The Morgan fingerprint density at radius 2 is 1.90 bits per heavy atom. The number of carbonyl (C=O) groups excluding carboxylic acids is 1. The molecule has 0 bridgehead atoms. The van der Waals surface area contributed by atoms with Crippen LogP contribution in [0.3, 0.4) is 0 Å². The summed E-state index contributed by atoms with van der Waals surface area (Å²) in [5.74, 6) is 0.0540. The summed E-state index contributed by atoms with van der Waals surface area (Å²) in [4.78, 5) is 12.1. The minimum Gasteiger partial charge on any atom is -0.497 e. The van der Waals surface area contributed by atoms with Crippen LogP contribution in [0.1, 0.15) is 39.2 Å². The summed E-state index contributed by atoms with van der Waals surface area (Å²) in [5.41, 5.74) is -0.368. The molecule has 0 aliphatic rings. The molecule has 0 saturated carbocycles. The van der Waals surface area contributed by atoms with Gasteiger partial charge in [-0.05, 0) is 43.4 Å². The molecule has 0 radical (unpaired) electrons. The van der Waals surface area contributed by atoms with Gasteiger partial charge in [0.1, 0.15) is 5.75 Å². The van der Waals surface area contributed by atoms with Crippen molar-refractivity contribution in [1.82, 2.24) is 0 Å². The molecule has 1 N–H and O–H groups in total. The lowest BCUT2D eigenvalue weighted by molar-refractivity contribution is -0.171. The Kier molecular flexibility index (Phi) is 6.69. The summed E-state index contributed by atoms with van der Waals surface area (Å²) < 4.78 is 10.2. The maximum Gasteiger partial charge on any atom is 0.338 e. The highest BCUT2D eigenvalue weighted by molar-refractivity contribution is 5.79. The Morgan fingerprint density at radius 3 is 2.38 bits per heavy atom. The minimum atomic E-state index is -1.43. The van der Waals surface area contributed by atoms with Crippen LogP contribution in [0, 0.1) is 5.92 Å². The molecular weight excluding hydrogens is 268 g/mol. The molecule has 1 aromatic carbocycles. The Balaban J connectivity index is 2.84. The Morgan fingerprint density at radius 1 is 1.29 bits per heavy atom. The van der Waals surface area contributed by atoms with Crippen LogP contribution >= 0.6 is 0 Å². The molecule has 1 rings (SSSR count). The average molecular weight is 294 g/mol. The van der Waals surface area contributed by atoms with Crippen molar-refractivity contribution < 1.29 is 19.4 Å². The zero-order valence-corrected chi connectivity index (χ0v) is 13.4. The topological polar surface area (TPSA) is 55.8 Å². The van der Waals surface area contributed by atoms with Gasteiger partial charge in [-0.2, -0.15) is 0 Å². The fourth-order valence-electron chi connectivity index (χ4n) is 2.47. The van der Waals surface area contributed by atoms with Crippen LogP contribution in [0.2, 0.25) is 0 Å². The van der Waals surface area contributed by atoms with Crippen LogP contribution < -0.4 is 4.74 Å². The lowest BCUT2D eigenvalue weighted by Crippen LogP contribution is -2.46. The smallest absolute Gasteiger partial charge is 0.338 e. The molecule has 0 heterocycles. The number of carbonyl (C=O) groups is 1. The molecule has 0 fully saturated rings. The monoisotopic (exact) mass is 294 g/mol. The molecule has 4 heteroatoms. The normalized spacial score (nSPS) is 15.1. The Labute approximate surface area is 127 Å². The van der Waals surface area contributed by atoms with Gasteiger partial charge in [-0.1, -0.05) is 32.4 Å². The van der Waals surface area contributed by atoms with Gasteiger partial charge in [0.05, 0.1) is 13.7 Å². The third kappa shape index (κ3) is 4.46. The number of benzene rings is 1. The largest absolute Gasteiger partial charge is 0.497 e. The van der Waals surface area contributed by atoms with Gasteiger partial charge in [0.25, 0.3) is 0 Å². The van der Waals surface area contributed by atoms with E-state index in [0.29, 0.717) is 12.8 Å². The molecule has 4 nitrogen and oxygen atoms in total. The Bertz CT molecular complexity index is 441. The summed E-state index contributed by atoms with van der Waals surface area (Å²) >= 11 is 0. The standard InChI is InChI=1S/C17H26O4/c1-5-11-17(19,16(18)21-6-2)13(3)12-14-7-9-15(20-4)10-8-14/h7-10,13,19H,5-6,11-12H2,1-4H3. The van der Waals surface area contributed by atoms with E-state index in [4.69, 9.17) is 9.47 Å². The van der Waals surface area contributed by atoms with Crippen LogP contribution in [0.5, 0.6) is 5.75 Å². The molecule has 2 atom stereocenters. The molecule has 0 spiro atoms. The van der Waals surface area contributed by atoms with Crippen LogP contribution in [-0.4, -0.2) is 30.4 Å². The van der Waals surface area contributed by atoms with Crippen LogP contribution in [-0.2, 0) is 16.0 Å². The third-order valence-corrected chi connectivity index (χ3v) is 3.78. The molecule has 21 heavy (non-hydrogen) atoms. The van der Waals surface area contributed by atoms with Crippen LogP contribution in [0.25, 0.3) is 0 Å². The van der Waals surface area contributed by atoms with Gasteiger partial charge < -0.3 is 14.6 Å². The predicted molar refractivity (Wildman–Crippen MR) is 82.4 cm³/mol. The van der Waals surface area contributed by atoms with Gasteiger partial charge in [0.2, 0.25) is 0 Å². The fourth-order valence-corrected chi connectivity index (χ4v) is 2.47. The van der Waals surface area contributed by atoms with Crippen molar-refractivity contribution in [2.24, 2.45) is 5.92 Å². The van der Waals surface area contributed by atoms with Crippen molar-refractivity contribution in [2.45, 2.75) is 45.6 Å². The highest BCUT2D eigenvalue weighted by Gasteiger charge is 2.41. The molecule has 0 aliphatic carbocycles. The zero-order valence-electron chi connectivity index (χ0n) is 13.4. The molecule has 118 valence electrons. The number of hydrogen-bond donors (Lipinski definition) is 1. The number of methoxy groups -OCH3 is 1. The average Bonchev–Trinajstić information content (AvgIpc) is 2.48. The van der Waals surface area contributed by atoms with E-state index in [1.807, 2.05) is 38.1 Å². The molecule has 0 amide bonds. The first-order valence-corrected chi connectivity index (χ1v) is 7.50. The van der Waals surface area contributed by atoms with E-state index in [0.717, 1.165) is 17.7 Å². The third-order valence-electron chi connectivity index (χ3n) is 3.78. The quantitative estimate of drug-likeness (QED) is 0.749. The van der Waals surface area contributed by atoms with Crippen LogP contribution in [0.4, 0.5) is 0 Å². The number of rotatable bonds is 8. The van der Waals surface area contributed by atoms with Crippen molar-refractivity contribution in [3.8, 4) is 5.75 Å². The summed E-state index contributed by atoms with van der Waals surface area (Å²) in [6.07, 6.45) is 1.74. The van der Waals surface area contributed by atoms with E-state index < -0.39 is 11.6 Å². The molecule has 1 aromatic rings. The number of ether oxygens (including phenoxy) is 2. The van der Waals surface area contributed by atoms with Gasteiger partial charge in [-0.3, -0.25) is 0 Å². The molecular formula is C17H26O4. The maximum absolute atomic E-state index is 12.1. The first kappa shape index (κ1) is 17.5. The molecule has 0 aromatic heterocycles. The van der Waals surface area contributed by atoms with Crippen molar-refractivity contribution in [3.63, 3.8) is 0 Å². The summed E-state index contributed by atoms with van der Waals surface area (Å²) in [5, 5.41) is 10.7. The van der Waals surface area contributed by atoms with Gasteiger partial charge >= 0.3 is 5.97 Å². The second-order valence-corrected chi connectivity index (χ2v) is 5.35. The SMILES string of the molecule is CCCC(O)(C(=O)OCC)C(C)Cc1ccc(OC)cc1. The number of hydrogen-bond acceptors (Lipinski definition) is 4. The van der Waals surface area contributed by atoms with Crippen molar-refractivity contribution >= 4 is 5.97 Å². The zero-order chi connectivity index (χ0) is 15.9. The van der Waals surface area contributed by atoms with Gasteiger partial charge in [0, 0.05) is 0 Å². The number of aliphatic hydroxyl groups is 1. The predicted octanol–water partition coefficient (Wildman–Crippen LogP) is 2.97. The highest BCUT2D eigenvalue weighted by Crippen LogP contribution is 2.28. The summed E-state index contributed by atoms with van der Waals surface area (Å²) in [6.45, 7) is 5.86. The first-order valence-electron chi connectivity index (χ1n) is 7.50.